The molecule has 0 aromatic carbocycles. The summed E-state index contributed by atoms with van der Waals surface area (Å²) in [5.41, 5.74) is 2.52. The lowest BCUT2D eigenvalue weighted by Crippen LogP contribution is -2.24. The third-order valence-corrected chi connectivity index (χ3v) is 4.61. The van der Waals surface area contributed by atoms with Crippen LogP contribution in [0.2, 0.25) is 0 Å². The Bertz CT molecular complexity index is 973. The fourth-order valence-corrected chi connectivity index (χ4v) is 3.06. The van der Waals surface area contributed by atoms with Crippen LogP contribution in [0.4, 0.5) is 14.6 Å². The van der Waals surface area contributed by atoms with Gasteiger partial charge in [0.05, 0.1) is 6.54 Å². The summed E-state index contributed by atoms with van der Waals surface area (Å²) in [6, 6.07) is 3.39. The van der Waals surface area contributed by atoms with Gasteiger partial charge in [-0.3, -0.25) is 9.59 Å². The molecule has 0 aliphatic carbocycles. The van der Waals surface area contributed by atoms with Crippen LogP contribution in [0.3, 0.4) is 0 Å². The third kappa shape index (κ3) is 4.90. The molecular formula is C21H24F2N4O3. The summed E-state index contributed by atoms with van der Waals surface area (Å²) >= 11 is 0. The maximum atomic E-state index is 13.0. The molecule has 0 radical (unpaired) electrons. The van der Waals surface area contributed by atoms with E-state index in [-0.39, 0.29) is 30.2 Å². The second kappa shape index (κ2) is 8.33. The van der Waals surface area contributed by atoms with E-state index in [1.807, 2.05) is 0 Å². The van der Waals surface area contributed by atoms with E-state index in [0.717, 1.165) is 12.5 Å². The number of anilines is 1. The monoisotopic (exact) mass is 418 g/mol. The Labute approximate surface area is 173 Å². The molecule has 3 rings (SSSR count). The average molecular weight is 418 g/mol. The van der Waals surface area contributed by atoms with Gasteiger partial charge < -0.3 is 15.0 Å². The van der Waals surface area contributed by atoms with E-state index in [0.29, 0.717) is 29.1 Å². The highest BCUT2D eigenvalue weighted by Gasteiger charge is 2.31. The summed E-state index contributed by atoms with van der Waals surface area (Å²) in [6.07, 6.45) is 3.00. The van der Waals surface area contributed by atoms with Crippen molar-refractivity contribution in [2.45, 2.75) is 46.7 Å². The standard InChI is InChI=1S/C21H24F2N4O3/c1-12(2)18(28)26-17-16-10-27(20(29)15(16)5-6-24-17)9-14-7-13(3)19(25-8-14)30-11-21(4,22)23/h5-8,12H,9-11H2,1-4H3,(H,24,26,28). The number of amides is 2. The van der Waals surface area contributed by atoms with Gasteiger partial charge in [0.2, 0.25) is 11.8 Å². The van der Waals surface area contributed by atoms with Crippen LogP contribution in [-0.2, 0) is 17.9 Å². The predicted molar refractivity (Wildman–Crippen MR) is 106 cm³/mol. The predicted octanol–water partition coefficient (Wildman–Crippen LogP) is 3.57. The van der Waals surface area contributed by atoms with E-state index >= 15 is 0 Å². The van der Waals surface area contributed by atoms with Gasteiger partial charge in [-0.1, -0.05) is 13.8 Å². The molecule has 0 spiro atoms. The fraction of sp³-hybridized carbons (Fsp3) is 0.429. The van der Waals surface area contributed by atoms with Crippen molar-refractivity contribution in [2.75, 3.05) is 11.9 Å². The van der Waals surface area contributed by atoms with Crippen LogP contribution in [0.15, 0.2) is 24.5 Å². The third-order valence-electron chi connectivity index (χ3n) is 4.61. The fourth-order valence-electron chi connectivity index (χ4n) is 3.06. The molecule has 160 valence electrons. The lowest BCUT2D eigenvalue weighted by atomic mass is 10.1. The SMILES string of the molecule is Cc1cc(CN2Cc3c(ccnc3NC(=O)C(C)C)C2=O)cnc1OCC(C)(F)F. The van der Waals surface area contributed by atoms with Crippen molar-refractivity contribution in [1.82, 2.24) is 14.9 Å². The Morgan fingerprint density at radius 1 is 1.37 bits per heavy atom. The van der Waals surface area contributed by atoms with Crippen LogP contribution in [0.25, 0.3) is 0 Å². The van der Waals surface area contributed by atoms with Crippen molar-refractivity contribution in [3.8, 4) is 5.88 Å². The number of carbonyl (C=O) groups is 2. The summed E-state index contributed by atoms with van der Waals surface area (Å²) in [4.78, 5) is 34.8. The zero-order valence-electron chi connectivity index (χ0n) is 17.3. The van der Waals surface area contributed by atoms with Crippen LogP contribution >= 0.6 is 0 Å². The second-order valence-electron chi connectivity index (χ2n) is 7.82. The van der Waals surface area contributed by atoms with E-state index < -0.39 is 12.5 Å². The molecule has 0 saturated heterocycles. The lowest BCUT2D eigenvalue weighted by molar-refractivity contribution is -0.118. The van der Waals surface area contributed by atoms with Crippen molar-refractivity contribution < 1.29 is 23.1 Å². The molecule has 0 bridgehead atoms. The van der Waals surface area contributed by atoms with Gasteiger partial charge in [0.1, 0.15) is 5.82 Å². The van der Waals surface area contributed by atoms with Gasteiger partial charge in [0.15, 0.2) is 6.61 Å². The van der Waals surface area contributed by atoms with Crippen molar-refractivity contribution in [3.05, 3.63) is 46.8 Å². The Morgan fingerprint density at radius 3 is 2.73 bits per heavy atom. The average Bonchev–Trinajstić information content (AvgIpc) is 2.97. The molecule has 7 nitrogen and oxygen atoms in total. The zero-order chi connectivity index (χ0) is 22.1. The minimum absolute atomic E-state index is 0.138. The van der Waals surface area contributed by atoms with Gasteiger partial charge in [0.25, 0.3) is 11.8 Å². The minimum atomic E-state index is -2.95. The van der Waals surface area contributed by atoms with Crippen molar-refractivity contribution in [3.63, 3.8) is 0 Å². The minimum Gasteiger partial charge on any atom is -0.471 e. The van der Waals surface area contributed by atoms with E-state index in [1.54, 1.807) is 37.8 Å². The van der Waals surface area contributed by atoms with E-state index in [2.05, 4.69) is 15.3 Å². The molecule has 2 amide bonds. The first-order chi connectivity index (χ1) is 14.0. The van der Waals surface area contributed by atoms with Crippen molar-refractivity contribution in [1.29, 1.82) is 0 Å². The Hall–Kier alpha value is -3.10. The lowest BCUT2D eigenvalue weighted by Gasteiger charge is -2.17. The Kier molecular flexibility index (Phi) is 6.00. The number of carbonyl (C=O) groups excluding carboxylic acids is 2. The first kappa shape index (κ1) is 21.6. The molecule has 1 N–H and O–H groups in total. The number of alkyl halides is 2. The van der Waals surface area contributed by atoms with Crippen LogP contribution in [-0.4, -0.2) is 39.2 Å². The summed E-state index contributed by atoms with van der Waals surface area (Å²) < 4.78 is 31.1. The summed E-state index contributed by atoms with van der Waals surface area (Å²) in [5, 5.41) is 2.77. The molecule has 30 heavy (non-hydrogen) atoms. The molecule has 2 aromatic rings. The van der Waals surface area contributed by atoms with Gasteiger partial charge in [-0.25, -0.2) is 18.7 Å². The number of aryl methyl sites for hydroxylation is 1. The first-order valence-electron chi connectivity index (χ1n) is 9.59. The summed E-state index contributed by atoms with van der Waals surface area (Å²) in [6.45, 7) is 5.88. The van der Waals surface area contributed by atoms with Gasteiger partial charge in [-0.05, 0) is 24.6 Å². The molecule has 0 saturated carbocycles. The van der Waals surface area contributed by atoms with Gasteiger partial charge >= 0.3 is 0 Å². The molecule has 9 heteroatoms. The number of fused-ring (bicyclic) bond motifs is 1. The van der Waals surface area contributed by atoms with Crippen molar-refractivity contribution in [2.24, 2.45) is 5.92 Å². The maximum absolute atomic E-state index is 13.0. The molecule has 1 aliphatic rings. The normalized spacial score (nSPS) is 13.6. The number of ether oxygens (including phenoxy) is 1. The number of hydrogen-bond acceptors (Lipinski definition) is 5. The van der Waals surface area contributed by atoms with Crippen LogP contribution in [0.1, 0.15) is 47.8 Å². The Morgan fingerprint density at radius 2 is 2.10 bits per heavy atom. The van der Waals surface area contributed by atoms with Crippen LogP contribution in [0, 0.1) is 12.8 Å². The molecule has 1 aliphatic heterocycles. The smallest absolute Gasteiger partial charge is 0.278 e. The number of rotatable bonds is 7. The molecule has 0 unspecified atom stereocenters. The van der Waals surface area contributed by atoms with Crippen LogP contribution in [0.5, 0.6) is 5.88 Å². The Balaban J connectivity index is 1.73. The summed E-state index contributed by atoms with van der Waals surface area (Å²) in [5.74, 6) is -2.97. The van der Waals surface area contributed by atoms with Gasteiger partial charge in [-0.2, -0.15) is 0 Å². The number of hydrogen-bond donors (Lipinski definition) is 1. The number of nitrogens with one attached hydrogen (secondary N) is 1. The van der Waals surface area contributed by atoms with E-state index in [1.165, 1.54) is 12.4 Å². The highest BCUT2D eigenvalue weighted by molar-refractivity contribution is 6.01. The number of pyridine rings is 2. The summed E-state index contributed by atoms with van der Waals surface area (Å²) in [7, 11) is 0. The molecule has 2 aromatic heterocycles. The number of nitrogens with zero attached hydrogens (tertiary/aromatic N) is 3. The molecule has 0 fully saturated rings. The quantitative estimate of drug-likeness (QED) is 0.743. The van der Waals surface area contributed by atoms with Gasteiger partial charge in [0, 0.05) is 48.5 Å². The van der Waals surface area contributed by atoms with Crippen LogP contribution < -0.4 is 10.1 Å². The second-order valence-corrected chi connectivity index (χ2v) is 7.82. The van der Waals surface area contributed by atoms with E-state index in [4.69, 9.17) is 4.74 Å². The topological polar surface area (TPSA) is 84.4 Å². The number of aromatic nitrogens is 2. The highest BCUT2D eigenvalue weighted by Crippen LogP contribution is 2.29. The van der Waals surface area contributed by atoms with E-state index in [9.17, 15) is 18.4 Å². The van der Waals surface area contributed by atoms with Crippen molar-refractivity contribution >= 4 is 17.6 Å². The first-order valence-corrected chi connectivity index (χ1v) is 9.59. The zero-order valence-corrected chi connectivity index (χ0v) is 17.3. The maximum Gasteiger partial charge on any atom is 0.278 e. The molecular weight excluding hydrogens is 394 g/mol. The number of halogens is 2. The molecule has 3 heterocycles. The highest BCUT2D eigenvalue weighted by atomic mass is 19.3. The molecule has 0 atom stereocenters. The van der Waals surface area contributed by atoms with Gasteiger partial charge in [-0.15, -0.1) is 0 Å². The largest absolute Gasteiger partial charge is 0.471 e.